The quantitative estimate of drug-likeness (QED) is 0.488. The van der Waals surface area contributed by atoms with Crippen molar-refractivity contribution in [2.24, 2.45) is 0 Å². The van der Waals surface area contributed by atoms with Gasteiger partial charge in [0.25, 0.3) is 5.56 Å². The SMILES string of the molecule is O=C(Cn1c(=O)n(Cc2ccc3c(c2)OCO3)c(=O)c2sccc21)NCc1ccccc1. The summed E-state index contributed by atoms with van der Waals surface area (Å²) in [5.74, 6) is 0.896. The fourth-order valence-electron chi connectivity index (χ4n) is 3.64. The van der Waals surface area contributed by atoms with E-state index in [0.29, 0.717) is 28.3 Å². The van der Waals surface area contributed by atoms with Gasteiger partial charge in [-0.05, 0) is 34.7 Å². The van der Waals surface area contributed by atoms with E-state index in [1.54, 1.807) is 29.6 Å². The van der Waals surface area contributed by atoms with Crippen molar-refractivity contribution < 1.29 is 14.3 Å². The van der Waals surface area contributed by atoms with Crippen LogP contribution >= 0.6 is 11.3 Å². The molecule has 5 rings (SSSR count). The van der Waals surface area contributed by atoms with Gasteiger partial charge in [-0.3, -0.25) is 18.7 Å². The Labute approximate surface area is 186 Å². The number of carbonyl (C=O) groups is 1. The Hall–Kier alpha value is -3.85. The summed E-state index contributed by atoms with van der Waals surface area (Å²) in [6.07, 6.45) is 0. The van der Waals surface area contributed by atoms with Gasteiger partial charge in [0.15, 0.2) is 11.5 Å². The molecule has 0 aliphatic carbocycles. The highest BCUT2D eigenvalue weighted by atomic mass is 32.1. The number of aromatic nitrogens is 2. The molecule has 0 spiro atoms. The van der Waals surface area contributed by atoms with Gasteiger partial charge in [0.05, 0.1) is 12.1 Å². The van der Waals surface area contributed by atoms with Crippen LogP contribution in [0.25, 0.3) is 10.2 Å². The lowest BCUT2D eigenvalue weighted by Gasteiger charge is -2.13. The Morgan fingerprint density at radius 1 is 0.969 bits per heavy atom. The highest BCUT2D eigenvalue weighted by Crippen LogP contribution is 2.32. The molecule has 3 heterocycles. The molecule has 2 aromatic carbocycles. The van der Waals surface area contributed by atoms with Crippen LogP contribution in [0.15, 0.2) is 69.6 Å². The topological polar surface area (TPSA) is 91.6 Å². The van der Waals surface area contributed by atoms with Crippen molar-refractivity contribution in [2.45, 2.75) is 19.6 Å². The fraction of sp³-hybridized carbons (Fsp3) is 0.174. The molecule has 0 atom stereocenters. The van der Waals surface area contributed by atoms with Gasteiger partial charge in [-0.25, -0.2) is 4.79 Å². The number of fused-ring (bicyclic) bond motifs is 2. The van der Waals surface area contributed by atoms with E-state index >= 15 is 0 Å². The summed E-state index contributed by atoms with van der Waals surface area (Å²) in [5, 5.41) is 4.58. The number of nitrogens with zero attached hydrogens (tertiary/aromatic N) is 2. The number of hydrogen-bond donors (Lipinski definition) is 1. The number of carbonyl (C=O) groups excluding carboxylic acids is 1. The van der Waals surface area contributed by atoms with Crippen LogP contribution in [0.4, 0.5) is 0 Å². The van der Waals surface area contributed by atoms with E-state index in [1.807, 2.05) is 30.3 Å². The molecule has 0 bridgehead atoms. The third kappa shape index (κ3) is 3.78. The molecule has 162 valence electrons. The normalized spacial score (nSPS) is 12.2. The average molecular weight is 449 g/mol. The molecule has 1 amide bonds. The van der Waals surface area contributed by atoms with Crippen molar-refractivity contribution in [3.63, 3.8) is 0 Å². The number of ether oxygens (including phenoxy) is 2. The molecular weight excluding hydrogens is 430 g/mol. The van der Waals surface area contributed by atoms with Gasteiger partial charge in [0, 0.05) is 6.54 Å². The third-order valence-corrected chi connectivity index (χ3v) is 6.14. The van der Waals surface area contributed by atoms with E-state index in [9.17, 15) is 14.4 Å². The van der Waals surface area contributed by atoms with E-state index in [-0.39, 0.29) is 31.3 Å². The second kappa shape index (κ2) is 8.35. The van der Waals surface area contributed by atoms with Crippen molar-refractivity contribution >= 4 is 27.5 Å². The number of nitrogens with one attached hydrogen (secondary N) is 1. The molecule has 2 aromatic heterocycles. The van der Waals surface area contributed by atoms with Crippen LogP contribution in [0.1, 0.15) is 11.1 Å². The molecule has 0 saturated heterocycles. The van der Waals surface area contributed by atoms with Crippen LogP contribution in [-0.2, 0) is 24.4 Å². The Kier molecular flexibility index (Phi) is 5.24. The first-order valence-electron chi connectivity index (χ1n) is 10.00. The Morgan fingerprint density at radius 2 is 1.78 bits per heavy atom. The van der Waals surface area contributed by atoms with Crippen molar-refractivity contribution in [1.82, 2.24) is 14.5 Å². The molecule has 0 radical (unpaired) electrons. The number of rotatable bonds is 6. The summed E-state index contributed by atoms with van der Waals surface area (Å²) < 4.78 is 13.6. The van der Waals surface area contributed by atoms with Crippen molar-refractivity contribution in [3.05, 3.63) is 91.9 Å². The summed E-state index contributed by atoms with van der Waals surface area (Å²) in [6.45, 7) is 0.386. The van der Waals surface area contributed by atoms with Crippen LogP contribution in [-0.4, -0.2) is 21.8 Å². The first-order valence-corrected chi connectivity index (χ1v) is 10.9. The van der Waals surface area contributed by atoms with Crippen LogP contribution in [0.2, 0.25) is 0 Å². The lowest BCUT2D eigenvalue weighted by Crippen LogP contribution is -2.42. The van der Waals surface area contributed by atoms with E-state index in [4.69, 9.17) is 9.47 Å². The van der Waals surface area contributed by atoms with Gasteiger partial charge in [-0.15, -0.1) is 11.3 Å². The summed E-state index contributed by atoms with van der Waals surface area (Å²) >= 11 is 1.25. The largest absolute Gasteiger partial charge is 0.454 e. The Bertz CT molecular complexity index is 1420. The maximum absolute atomic E-state index is 13.2. The lowest BCUT2D eigenvalue weighted by molar-refractivity contribution is -0.121. The van der Waals surface area contributed by atoms with Crippen LogP contribution < -0.4 is 26.0 Å². The van der Waals surface area contributed by atoms with Gasteiger partial charge in [-0.1, -0.05) is 36.4 Å². The Balaban J connectivity index is 1.45. The van der Waals surface area contributed by atoms with Crippen molar-refractivity contribution in [3.8, 4) is 11.5 Å². The Morgan fingerprint density at radius 3 is 2.62 bits per heavy atom. The fourth-order valence-corrected chi connectivity index (χ4v) is 4.49. The number of amides is 1. The van der Waals surface area contributed by atoms with Gasteiger partial charge < -0.3 is 14.8 Å². The summed E-state index contributed by atoms with van der Waals surface area (Å²) in [7, 11) is 0. The maximum Gasteiger partial charge on any atom is 0.332 e. The van der Waals surface area contributed by atoms with Crippen molar-refractivity contribution in [2.75, 3.05) is 6.79 Å². The average Bonchev–Trinajstić information content (AvgIpc) is 3.48. The molecule has 4 aromatic rings. The number of thiophene rings is 1. The molecule has 32 heavy (non-hydrogen) atoms. The van der Waals surface area contributed by atoms with Gasteiger partial charge in [-0.2, -0.15) is 0 Å². The molecule has 1 aliphatic heterocycles. The van der Waals surface area contributed by atoms with E-state index < -0.39 is 5.69 Å². The minimum Gasteiger partial charge on any atom is -0.454 e. The molecule has 9 heteroatoms. The third-order valence-electron chi connectivity index (χ3n) is 5.25. The predicted octanol–water partition coefficient (Wildman–Crippen LogP) is 2.32. The first-order chi connectivity index (χ1) is 15.6. The molecule has 1 N–H and O–H groups in total. The zero-order valence-corrected chi connectivity index (χ0v) is 17.8. The standard InChI is InChI=1S/C23H19N3O5S/c27-20(24-11-15-4-2-1-3-5-15)13-25-17-8-9-32-21(17)22(28)26(23(25)29)12-16-6-7-18-19(10-16)31-14-30-18/h1-10H,11-14H2,(H,24,27). The molecular formula is C23H19N3O5S. The highest BCUT2D eigenvalue weighted by molar-refractivity contribution is 7.17. The van der Waals surface area contributed by atoms with Crippen LogP contribution in [0.3, 0.4) is 0 Å². The molecule has 1 aliphatic rings. The molecule has 0 unspecified atom stereocenters. The van der Waals surface area contributed by atoms with Gasteiger partial charge in [0.2, 0.25) is 12.7 Å². The molecule has 0 fully saturated rings. The van der Waals surface area contributed by atoms with Gasteiger partial charge in [0.1, 0.15) is 11.2 Å². The second-order valence-electron chi connectivity index (χ2n) is 7.34. The molecule has 8 nitrogen and oxygen atoms in total. The maximum atomic E-state index is 13.2. The van der Waals surface area contributed by atoms with Crippen molar-refractivity contribution in [1.29, 1.82) is 0 Å². The van der Waals surface area contributed by atoms with E-state index in [1.165, 1.54) is 15.9 Å². The second-order valence-corrected chi connectivity index (χ2v) is 8.26. The summed E-state index contributed by atoms with van der Waals surface area (Å²) in [5.41, 5.74) is 1.24. The smallest absolute Gasteiger partial charge is 0.332 e. The number of hydrogen-bond acceptors (Lipinski definition) is 6. The highest BCUT2D eigenvalue weighted by Gasteiger charge is 2.18. The summed E-state index contributed by atoms with van der Waals surface area (Å²) in [4.78, 5) is 38.8. The van der Waals surface area contributed by atoms with Crippen LogP contribution in [0, 0.1) is 0 Å². The first kappa shape index (κ1) is 20.1. The van der Waals surface area contributed by atoms with E-state index in [0.717, 1.165) is 15.7 Å². The number of benzene rings is 2. The molecule has 0 saturated carbocycles. The zero-order valence-electron chi connectivity index (χ0n) is 16.9. The predicted molar refractivity (Wildman–Crippen MR) is 120 cm³/mol. The van der Waals surface area contributed by atoms with E-state index in [2.05, 4.69) is 5.32 Å². The van der Waals surface area contributed by atoms with Gasteiger partial charge >= 0.3 is 5.69 Å². The minimum absolute atomic E-state index is 0.0633. The lowest BCUT2D eigenvalue weighted by atomic mass is 10.2. The monoisotopic (exact) mass is 449 g/mol. The zero-order chi connectivity index (χ0) is 22.1. The minimum atomic E-state index is -0.534. The summed E-state index contributed by atoms with van der Waals surface area (Å²) in [6, 6.07) is 16.5. The van der Waals surface area contributed by atoms with Crippen LogP contribution in [0.5, 0.6) is 11.5 Å².